The molecule has 1 aromatic heterocycles. The van der Waals surface area contributed by atoms with Crippen LogP contribution in [0.2, 0.25) is 0 Å². The highest BCUT2D eigenvalue weighted by atomic mass is 19.1. The summed E-state index contributed by atoms with van der Waals surface area (Å²) in [4.78, 5) is 50.3. The predicted octanol–water partition coefficient (Wildman–Crippen LogP) is 3.70. The van der Waals surface area contributed by atoms with Crippen LogP contribution < -0.4 is 20.9 Å². The van der Waals surface area contributed by atoms with Gasteiger partial charge in [0, 0.05) is 74.7 Å². The normalized spacial score (nSPS) is 27.4. The van der Waals surface area contributed by atoms with Gasteiger partial charge in [-0.05, 0) is 95.5 Å². The third-order valence-corrected chi connectivity index (χ3v) is 10.6. The molecule has 1 aliphatic carbocycles. The summed E-state index contributed by atoms with van der Waals surface area (Å²) in [5.74, 6) is 0.159. The van der Waals surface area contributed by atoms with Crippen molar-refractivity contribution in [2.45, 2.75) is 96.1 Å². The summed E-state index contributed by atoms with van der Waals surface area (Å²) in [6, 6.07) is 8.58. The number of piperidine rings is 1. The number of piperazine rings is 1. The summed E-state index contributed by atoms with van der Waals surface area (Å²) in [5.41, 5.74) is 8.85. The number of fused-ring (bicyclic) bond motifs is 1. The lowest BCUT2D eigenvalue weighted by Crippen LogP contribution is -2.60. The molecule has 6 atom stereocenters. The number of carbonyl (C=O) groups excluding carboxylic acids is 3. The van der Waals surface area contributed by atoms with Gasteiger partial charge in [0.2, 0.25) is 11.8 Å². The lowest BCUT2D eigenvalue weighted by molar-refractivity contribution is -0.141. The summed E-state index contributed by atoms with van der Waals surface area (Å²) < 4.78 is 26.2. The van der Waals surface area contributed by atoms with Crippen LogP contribution in [-0.4, -0.2) is 101 Å². The third-order valence-electron chi connectivity index (χ3n) is 10.6. The first kappa shape index (κ1) is 36.0. The molecule has 12 nitrogen and oxygen atoms in total. The highest BCUT2D eigenvalue weighted by Gasteiger charge is 2.44. The van der Waals surface area contributed by atoms with E-state index in [2.05, 4.69) is 27.2 Å². The summed E-state index contributed by atoms with van der Waals surface area (Å²) in [6.45, 7) is 9.57. The highest BCUT2D eigenvalue weighted by molar-refractivity contribution is 5.83. The summed E-state index contributed by atoms with van der Waals surface area (Å²) in [5, 5.41) is 3.33. The van der Waals surface area contributed by atoms with Crippen molar-refractivity contribution in [3.05, 3.63) is 59.2 Å². The van der Waals surface area contributed by atoms with Gasteiger partial charge in [-0.15, -0.1) is 0 Å². The molecule has 3 aliphatic heterocycles. The molecule has 4 unspecified atom stereocenters. The molecule has 3 amide bonds. The van der Waals surface area contributed by atoms with Crippen molar-refractivity contribution in [2.24, 2.45) is 11.8 Å². The number of hydrazine groups is 1. The van der Waals surface area contributed by atoms with Gasteiger partial charge in [-0.1, -0.05) is 6.07 Å². The number of hydrogen-bond acceptors (Lipinski definition) is 9. The van der Waals surface area contributed by atoms with Gasteiger partial charge >= 0.3 is 6.09 Å². The summed E-state index contributed by atoms with van der Waals surface area (Å²) in [6.07, 6.45) is 5.06. The number of halogens is 1. The van der Waals surface area contributed by atoms with E-state index in [-0.39, 0.29) is 48.4 Å². The van der Waals surface area contributed by atoms with Gasteiger partial charge in [0.15, 0.2) is 0 Å². The molecule has 0 spiro atoms. The summed E-state index contributed by atoms with van der Waals surface area (Å²) in [7, 11) is 1.51. The maximum absolute atomic E-state index is 15.2. The van der Waals surface area contributed by atoms with Gasteiger partial charge in [-0.2, -0.15) is 0 Å². The van der Waals surface area contributed by atoms with Crippen molar-refractivity contribution < 1.29 is 28.2 Å². The van der Waals surface area contributed by atoms with E-state index < -0.39 is 17.5 Å². The molecular weight excluding hydrogens is 641 g/mol. The molecule has 50 heavy (non-hydrogen) atoms. The SMILES string of the molecule is COc1cccc(F)c1CN1C[C@H](NC(=O)C2CCC3NNC(c4ccnc(C)c4)C3C2)CC[C@H]1C(=O)N1CCN(C(=O)OC(C)(C)C)CC1. The van der Waals surface area contributed by atoms with Gasteiger partial charge in [0.1, 0.15) is 17.2 Å². The van der Waals surface area contributed by atoms with E-state index in [0.717, 1.165) is 25.0 Å². The number of carbonyl (C=O) groups is 3. The highest BCUT2D eigenvalue weighted by Crippen LogP contribution is 2.40. The van der Waals surface area contributed by atoms with E-state index in [1.807, 2.05) is 44.9 Å². The fraction of sp³-hybridized carbons (Fsp3) is 0.622. The van der Waals surface area contributed by atoms with Crippen LogP contribution in [-0.2, 0) is 20.9 Å². The Bertz CT molecular complexity index is 1540. The average molecular weight is 694 g/mol. The second kappa shape index (κ2) is 15.2. The Morgan fingerprint density at radius 2 is 1.78 bits per heavy atom. The van der Waals surface area contributed by atoms with E-state index in [0.29, 0.717) is 62.9 Å². The molecule has 1 aromatic carbocycles. The number of likely N-dealkylation sites (tertiary alicyclic amines) is 1. The van der Waals surface area contributed by atoms with Crippen molar-refractivity contribution in [1.29, 1.82) is 0 Å². The number of aryl methyl sites for hydroxylation is 1. The number of pyridine rings is 1. The van der Waals surface area contributed by atoms with Crippen molar-refractivity contribution in [1.82, 2.24) is 35.9 Å². The first-order valence-corrected chi connectivity index (χ1v) is 18.0. The zero-order valence-electron chi connectivity index (χ0n) is 29.9. The minimum Gasteiger partial charge on any atom is -0.496 e. The second-order valence-electron chi connectivity index (χ2n) is 15.2. The molecule has 0 bridgehead atoms. The first-order chi connectivity index (χ1) is 23.9. The number of nitrogens with one attached hydrogen (secondary N) is 3. The van der Waals surface area contributed by atoms with Crippen LogP contribution in [0.5, 0.6) is 5.75 Å². The van der Waals surface area contributed by atoms with E-state index in [4.69, 9.17) is 9.47 Å². The zero-order valence-corrected chi connectivity index (χ0v) is 29.9. The molecule has 1 saturated carbocycles. The minimum atomic E-state index is -0.599. The average Bonchev–Trinajstić information content (AvgIpc) is 3.52. The standard InChI is InChI=1S/C37H52FN7O5/c1-23-19-24(13-14-39-23)33-27-20-25(9-11-30(27)41-42-33)34(46)40-26-10-12-31(45(21-26)22-28-29(38)7-6-8-32(28)49-5)35(47)43-15-17-44(18-16-43)36(48)50-37(2,3)4/h6-8,13-14,19,25-27,30-31,33,41-42H,9-12,15-18,20-22H2,1-5H3,(H,40,46)/t25?,26-,27?,30?,31+,33?/m1/s1. The van der Waals surface area contributed by atoms with Crippen LogP contribution in [0.1, 0.15) is 75.7 Å². The second-order valence-corrected chi connectivity index (χ2v) is 15.2. The fourth-order valence-corrected chi connectivity index (χ4v) is 8.05. The molecule has 6 rings (SSSR count). The zero-order chi connectivity index (χ0) is 35.6. The van der Waals surface area contributed by atoms with Crippen LogP contribution in [0.15, 0.2) is 36.5 Å². The number of hydrogen-bond donors (Lipinski definition) is 3. The Labute approximate surface area is 294 Å². The van der Waals surface area contributed by atoms with Crippen LogP contribution in [0.3, 0.4) is 0 Å². The third kappa shape index (κ3) is 8.21. The Kier molecular flexibility index (Phi) is 10.9. The van der Waals surface area contributed by atoms with Crippen LogP contribution in [0.4, 0.5) is 9.18 Å². The lowest BCUT2D eigenvalue weighted by atomic mass is 9.74. The van der Waals surface area contributed by atoms with E-state index >= 15 is 4.39 Å². The monoisotopic (exact) mass is 693 g/mol. The number of aromatic nitrogens is 1. The Morgan fingerprint density at radius 1 is 1.02 bits per heavy atom. The van der Waals surface area contributed by atoms with Gasteiger partial charge in [-0.3, -0.25) is 24.9 Å². The fourth-order valence-electron chi connectivity index (χ4n) is 8.05. The largest absolute Gasteiger partial charge is 0.496 e. The Hall–Kier alpha value is -3.81. The number of nitrogens with zero attached hydrogens (tertiary/aromatic N) is 4. The van der Waals surface area contributed by atoms with Crippen LogP contribution >= 0.6 is 0 Å². The van der Waals surface area contributed by atoms with Gasteiger partial charge < -0.3 is 24.6 Å². The molecule has 272 valence electrons. The minimum absolute atomic E-state index is 0.0384. The summed E-state index contributed by atoms with van der Waals surface area (Å²) >= 11 is 0. The van der Waals surface area contributed by atoms with Crippen LogP contribution in [0, 0.1) is 24.6 Å². The van der Waals surface area contributed by atoms with Gasteiger partial charge in [0.25, 0.3) is 0 Å². The molecule has 2 aromatic rings. The van der Waals surface area contributed by atoms with Crippen LogP contribution in [0.25, 0.3) is 0 Å². The Balaban J connectivity index is 1.12. The topological polar surface area (TPSA) is 128 Å². The van der Waals surface area contributed by atoms with E-state index in [9.17, 15) is 14.4 Å². The molecule has 4 heterocycles. The van der Waals surface area contributed by atoms with Gasteiger partial charge in [-0.25, -0.2) is 14.6 Å². The Morgan fingerprint density at radius 3 is 2.50 bits per heavy atom. The number of ether oxygens (including phenoxy) is 2. The quantitative estimate of drug-likeness (QED) is 0.398. The number of benzene rings is 1. The molecule has 4 aliphatic rings. The smallest absolute Gasteiger partial charge is 0.410 e. The molecule has 4 fully saturated rings. The number of amides is 3. The van der Waals surface area contributed by atoms with Crippen molar-refractivity contribution >= 4 is 17.9 Å². The molecule has 3 N–H and O–H groups in total. The van der Waals surface area contributed by atoms with Crippen molar-refractivity contribution in [3.63, 3.8) is 0 Å². The molecule has 13 heteroatoms. The van der Waals surface area contributed by atoms with E-state index in [1.54, 1.807) is 21.9 Å². The maximum Gasteiger partial charge on any atom is 0.410 e. The van der Waals surface area contributed by atoms with Crippen molar-refractivity contribution in [2.75, 3.05) is 39.8 Å². The maximum atomic E-state index is 15.2. The molecule has 3 saturated heterocycles. The van der Waals surface area contributed by atoms with Crippen molar-refractivity contribution in [3.8, 4) is 5.75 Å². The molecular formula is C37H52FN7O5. The lowest BCUT2D eigenvalue weighted by Gasteiger charge is -2.43. The van der Waals surface area contributed by atoms with E-state index in [1.165, 1.54) is 18.7 Å². The first-order valence-electron chi connectivity index (χ1n) is 18.0. The molecule has 0 radical (unpaired) electrons. The van der Waals surface area contributed by atoms with Gasteiger partial charge in [0.05, 0.1) is 19.2 Å². The predicted molar refractivity (Wildman–Crippen MR) is 185 cm³/mol. The number of methoxy groups -OCH3 is 1. The number of rotatable bonds is 7.